The van der Waals surface area contributed by atoms with E-state index in [1.807, 2.05) is 29.3 Å². The van der Waals surface area contributed by atoms with Crippen LogP contribution in [0.4, 0.5) is 32.1 Å². The molecule has 1 saturated carbocycles. The zero-order valence-corrected chi connectivity index (χ0v) is 20.2. The van der Waals surface area contributed by atoms with Crippen molar-refractivity contribution in [3.63, 3.8) is 0 Å². The molecule has 1 amide bonds. The molecule has 1 aliphatic heterocycles. The lowest BCUT2D eigenvalue weighted by Crippen LogP contribution is -2.23. The standard InChI is InChI=1S/C17H20FN7.C6H5FN2O.C2H2/c1-17(5-6-17)13-9-14(22-21-13)19-15-12-3-2-7-25(12)23-16(20-15)24-8-4-11(18)10-24;7-6-2-1-5(3-8-6)9-4-10;1-2/h2-3,7,9,11H,4-6,8,10H2,1H3,(H2,19,20,21,22,23);1-4H,(H,9,10);1-2H/t11-;;/m1../s1. The van der Waals surface area contributed by atoms with Crippen molar-refractivity contribution in [2.75, 3.05) is 28.6 Å². The first-order valence-corrected chi connectivity index (χ1v) is 11.7. The van der Waals surface area contributed by atoms with Gasteiger partial charge in [-0.05, 0) is 43.5 Å². The molecule has 6 rings (SSSR count). The summed E-state index contributed by atoms with van der Waals surface area (Å²) >= 11 is 0. The molecule has 0 radical (unpaired) electrons. The minimum Gasteiger partial charge on any atom is -0.336 e. The monoisotopic (exact) mass is 507 g/mol. The number of nitrogens with one attached hydrogen (secondary N) is 3. The van der Waals surface area contributed by atoms with Gasteiger partial charge in [0.25, 0.3) is 0 Å². The van der Waals surface area contributed by atoms with Crippen molar-refractivity contribution in [1.29, 1.82) is 0 Å². The highest BCUT2D eigenvalue weighted by molar-refractivity contribution is 5.73. The smallest absolute Gasteiger partial charge is 0.245 e. The molecule has 1 saturated heterocycles. The molecule has 10 nitrogen and oxygen atoms in total. The Hall–Kier alpha value is -4.53. The highest BCUT2D eigenvalue weighted by Gasteiger charge is 2.40. The fourth-order valence-corrected chi connectivity index (χ4v) is 3.85. The number of hydrogen-bond acceptors (Lipinski definition) is 7. The van der Waals surface area contributed by atoms with Crippen LogP contribution in [0.15, 0.2) is 42.7 Å². The molecular weight excluding hydrogens is 480 g/mol. The first-order valence-electron chi connectivity index (χ1n) is 11.7. The Bertz CT molecular complexity index is 1360. The number of H-pyrrole nitrogens is 1. The van der Waals surface area contributed by atoms with Gasteiger partial charge in [0.2, 0.25) is 18.3 Å². The van der Waals surface area contributed by atoms with Gasteiger partial charge in [-0.2, -0.15) is 14.5 Å². The normalized spacial score (nSPS) is 17.2. The van der Waals surface area contributed by atoms with Crippen LogP contribution >= 0.6 is 0 Å². The number of alkyl halides is 1. The second-order valence-corrected chi connectivity index (χ2v) is 8.91. The van der Waals surface area contributed by atoms with Crippen molar-refractivity contribution >= 4 is 35.2 Å². The van der Waals surface area contributed by atoms with E-state index in [1.165, 1.54) is 31.2 Å². The third kappa shape index (κ3) is 6.00. The Morgan fingerprint density at radius 2 is 2.08 bits per heavy atom. The van der Waals surface area contributed by atoms with Gasteiger partial charge in [0.05, 0.1) is 18.4 Å². The zero-order valence-electron chi connectivity index (χ0n) is 20.2. The zero-order chi connectivity index (χ0) is 26.4. The van der Waals surface area contributed by atoms with E-state index in [1.54, 1.807) is 4.52 Å². The molecule has 0 bridgehead atoms. The quantitative estimate of drug-likeness (QED) is 0.206. The third-order valence-electron chi connectivity index (χ3n) is 6.22. The van der Waals surface area contributed by atoms with Gasteiger partial charge in [-0.25, -0.2) is 13.9 Å². The van der Waals surface area contributed by atoms with Crippen molar-refractivity contribution < 1.29 is 13.6 Å². The van der Waals surface area contributed by atoms with Crippen LogP contribution in [0.2, 0.25) is 0 Å². The molecule has 192 valence electrons. The molecule has 0 unspecified atom stereocenters. The van der Waals surface area contributed by atoms with Crippen LogP contribution in [0.5, 0.6) is 0 Å². The number of hydrogen-bond donors (Lipinski definition) is 3. The number of anilines is 4. The first kappa shape index (κ1) is 25.6. The van der Waals surface area contributed by atoms with E-state index in [-0.39, 0.29) is 5.41 Å². The average molecular weight is 508 g/mol. The molecule has 1 atom stereocenters. The second kappa shape index (κ2) is 11.0. The maximum absolute atomic E-state index is 13.5. The number of fused-ring (bicyclic) bond motifs is 1. The maximum atomic E-state index is 13.5. The number of carbonyl (C=O) groups excluding carboxylic acids is 1. The van der Waals surface area contributed by atoms with Crippen LogP contribution in [-0.2, 0) is 10.2 Å². The van der Waals surface area contributed by atoms with Crippen molar-refractivity contribution in [3.05, 3.63) is 54.4 Å². The summed E-state index contributed by atoms with van der Waals surface area (Å²) in [7, 11) is 0. The number of carbonyl (C=O) groups is 1. The van der Waals surface area contributed by atoms with Crippen molar-refractivity contribution in [2.24, 2.45) is 0 Å². The molecular formula is C25H27F2N9O. The maximum Gasteiger partial charge on any atom is 0.245 e. The van der Waals surface area contributed by atoms with Crippen molar-refractivity contribution in [2.45, 2.75) is 37.8 Å². The number of aromatic nitrogens is 6. The molecule has 2 aliphatic rings. The van der Waals surface area contributed by atoms with E-state index < -0.39 is 12.1 Å². The largest absolute Gasteiger partial charge is 0.336 e. The third-order valence-corrected chi connectivity index (χ3v) is 6.22. The van der Waals surface area contributed by atoms with Gasteiger partial charge in [0.1, 0.15) is 11.7 Å². The molecule has 3 N–H and O–H groups in total. The van der Waals surface area contributed by atoms with Gasteiger partial charge in [-0.15, -0.1) is 17.9 Å². The minimum absolute atomic E-state index is 0.236. The van der Waals surface area contributed by atoms with Gasteiger partial charge in [0, 0.05) is 29.9 Å². The predicted octanol–water partition coefficient (Wildman–Crippen LogP) is 3.83. The molecule has 0 aromatic carbocycles. The fraction of sp³-hybridized carbons (Fsp3) is 0.320. The Morgan fingerprint density at radius 3 is 2.73 bits per heavy atom. The summed E-state index contributed by atoms with van der Waals surface area (Å²) in [6.07, 6.45) is 13.7. The van der Waals surface area contributed by atoms with Gasteiger partial charge in [0.15, 0.2) is 11.6 Å². The van der Waals surface area contributed by atoms with Crippen LogP contribution in [0.25, 0.3) is 5.52 Å². The molecule has 4 aromatic rings. The van der Waals surface area contributed by atoms with Crippen LogP contribution in [0, 0.1) is 18.8 Å². The summed E-state index contributed by atoms with van der Waals surface area (Å²) in [5.41, 5.74) is 2.73. The van der Waals surface area contributed by atoms with E-state index >= 15 is 0 Å². The Labute approximate surface area is 212 Å². The van der Waals surface area contributed by atoms with Crippen LogP contribution in [0.3, 0.4) is 0 Å². The van der Waals surface area contributed by atoms with Gasteiger partial charge >= 0.3 is 0 Å². The van der Waals surface area contributed by atoms with Gasteiger partial charge < -0.3 is 15.5 Å². The minimum atomic E-state index is -0.812. The highest BCUT2D eigenvalue weighted by atomic mass is 19.1. The lowest BCUT2D eigenvalue weighted by molar-refractivity contribution is -0.105. The molecule has 0 spiro atoms. The topological polar surface area (TPSA) is 116 Å². The van der Waals surface area contributed by atoms with Crippen LogP contribution in [-0.4, -0.2) is 55.5 Å². The van der Waals surface area contributed by atoms with Crippen LogP contribution in [0.1, 0.15) is 31.9 Å². The molecule has 4 aromatic heterocycles. The summed E-state index contributed by atoms with van der Waals surface area (Å²) in [5.74, 6) is 1.39. The second-order valence-electron chi connectivity index (χ2n) is 8.91. The summed E-state index contributed by atoms with van der Waals surface area (Å²) in [4.78, 5) is 19.7. The van der Waals surface area contributed by atoms with E-state index in [2.05, 4.69) is 55.7 Å². The number of pyridine rings is 1. The van der Waals surface area contributed by atoms with Crippen molar-refractivity contribution in [1.82, 2.24) is 29.8 Å². The number of nitrogens with zero attached hydrogens (tertiary/aromatic N) is 6. The molecule has 1 aliphatic carbocycles. The van der Waals surface area contributed by atoms with Gasteiger partial charge in [-0.3, -0.25) is 9.89 Å². The number of terminal acetylenes is 1. The Kier molecular flexibility index (Phi) is 7.62. The SMILES string of the molecule is C#C.CC1(c2cc(Nc3nc(N4CC[C@@H](F)C4)nn4cccc34)n[nH]2)CC1.O=CNc1ccc(F)nc1. The predicted molar refractivity (Wildman–Crippen MR) is 137 cm³/mol. The van der Waals surface area contributed by atoms with Crippen molar-refractivity contribution in [3.8, 4) is 12.8 Å². The number of rotatable bonds is 6. The molecule has 2 fully saturated rings. The lowest BCUT2D eigenvalue weighted by Gasteiger charge is -2.16. The summed E-state index contributed by atoms with van der Waals surface area (Å²) in [6.45, 7) is 3.22. The summed E-state index contributed by atoms with van der Waals surface area (Å²) in [6, 6.07) is 8.51. The number of amides is 1. The van der Waals surface area contributed by atoms with E-state index in [0.29, 0.717) is 43.4 Å². The van der Waals surface area contributed by atoms with E-state index in [0.717, 1.165) is 17.0 Å². The molecule has 12 heteroatoms. The lowest BCUT2D eigenvalue weighted by atomic mass is 10.1. The van der Waals surface area contributed by atoms with E-state index in [9.17, 15) is 13.6 Å². The number of halogens is 2. The Balaban J connectivity index is 0.000000225. The summed E-state index contributed by atoms with van der Waals surface area (Å²) < 4.78 is 27.4. The number of aromatic amines is 1. The summed E-state index contributed by atoms with van der Waals surface area (Å²) in [5, 5.41) is 17.6. The highest BCUT2D eigenvalue weighted by Crippen LogP contribution is 2.47. The van der Waals surface area contributed by atoms with Gasteiger partial charge in [-0.1, -0.05) is 6.92 Å². The average Bonchev–Trinajstić information content (AvgIpc) is 3.31. The molecule has 5 heterocycles. The van der Waals surface area contributed by atoms with Crippen LogP contribution < -0.4 is 15.5 Å². The molecule has 37 heavy (non-hydrogen) atoms. The fourth-order valence-electron chi connectivity index (χ4n) is 3.85. The Morgan fingerprint density at radius 1 is 1.27 bits per heavy atom. The van der Waals surface area contributed by atoms with E-state index in [4.69, 9.17) is 0 Å². The first-order chi connectivity index (χ1) is 17.9.